The number of oxime groups is 1. The molecule has 3 atom stereocenters. The van der Waals surface area contributed by atoms with Crippen molar-refractivity contribution < 1.29 is 37.7 Å². The van der Waals surface area contributed by atoms with E-state index < -0.39 is 22.8 Å². The molecule has 5 aliphatic heterocycles. The monoisotopic (exact) mass is 1100 g/mol. The van der Waals surface area contributed by atoms with Gasteiger partial charge in [-0.1, -0.05) is 145 Å². The van der Waals surface area contributed by atoms with Gasteiger partial charge in [-0.2, -0.15) is 0 Å². The molecule has 4 fully saturated rings. The average Bonchev–Trinajstić information content (AvgIpc) is 4.22. The number of nitrogens with two attached hydrogens (primary N) is 1. The van der Waals surface area contributed by atoms with Crippen molar-refractivity contribution in [3.63, 3.8) is 0 Å². The molecule has 7 aromatic rings. The zero-order valence-corrected chi connectivity index (χ0v) is 45.9. The van der Waals surface area contributed by atoms with E-state index >= 15 is 0 Å². The maximum absolute atomic E-state index is 14.9. The van der Waals surface area contributed by atoms with Gasteiger partial charge in [0.05, 0.1) is 28.7 Å². The maximum atomic E-state index is 14.9. The smallest absolute Gasteiger partial charge is 0.414 e. The van der Waals surface area contributed by atoms with Crippen molar-refractivity contribution in [3.8, 4) is 17.0 Å². The molecule has 19 heteroatoms. The van der Waals surface area contributed by atoms with Crippen molar-refractivity contribution in [2.75, 3.05) is 52.3 Å². The van der Waals surface area contributed by atoms with Crippen LogP contribution in [0.25, 0.3) is 16.8 Å². The first kappa shape index (κ1) is 51.8. The van der Waals surface area contributed by atoms with E-state index in [1.54, 1.807) is 12.5 Å². The molecule has 0 radical (unpaired) electrons. The Kier molecular flexibility index (Phi) is 14.6. The Labute approximate surface area is 464 Å². The number of piperazine rings is 3. The van der Waals surface area contributed by atoms with Gasteiger partial charge in [0.15, 0.2) is 10.8 Å². The number of nitrogens with one attached hydrogen (secondary N) is 2. The van der Waals surface area contributed by atoms with Crippen molar-refractivity contribution in [1.82, 2.24) is 20.2 Å². The van der Waals surface area contributed by atoms with Gasteiger partial charge in [0.2, 0.25) is 0 Å². The molecule has 3 amide bonds. The molecule has 4 N–H and O–H groups in total. The lowest BCUT2D eigenvalue weighted by atomic mass is 9.77. The van der Waals surface area contributed by atoms with Gasteiger partial charge in [-0.15, -0.1) is 34.4 Å². The Balaban J connectivity index is 0.910. The third kappa shape index (κ3) is 9.91. The van der Waals surface area contributed by atoms with Crippen LogP contribution in [0.1, 0.15) is 51.9 Å². The molecule has 15 nitrogen and oxygen atoms in total. The second-order valence-corrected chi connectivity index (χ2v) is 23.2. The number of carbonyl (C=O) groups excluding carboxylic acids is 3. The Bertz CT molecular complexity index is 3290. The third-order valence-electron chi connectivity index (χ3n) is 15.4. The van der Waals surface area contributed by atoms with Gasteiger partial charge in [-0.05, 0) is 41.3 Å². The standard InChI is InChI=1S/C58H55N9O6S4/c1-37-32-67(56(59)70)29-27-66(37,28-30-67)33-38-19-23-40(24-20-38)45-35-75-53(60-45)49-51(55(69)73-34-39-21-25-44(71-2)26-22-39)65-47(74)31-48(65)77-54(49)62-52(68)50(64-72-3)46-36-76-57(61-46)63-58(41-13-7-4-8-14-41,42-15-9-5-10-16-42)43-17-11-6-12-18-43/h4-26,35-37,48,54H,27-34H2,1-3H3,(H2-2,59,61,62,63,68,70)/p+2/t37?,48-,54?,66?,67?/m0/s1. The average molecular weight is 1100 g/mol. The fourth-order valence-corrected chi connectivity index (χ4v) is 14.9. The van der Waals surface area contributed by atoms with E-state index in [-0.39, 0.29) is 35.1 Å². The molecule has 2 unspecified atom stereocenters. The number of fused-ring (bicyclic) bond motifs is 4. The highest BCUT2D eigenvalue weighted by Crippen LogP contribution is 2.49. The molecule has 0 spiro atoms. The Hall–Kier alpha value is -7.26. The molecule has 77 heavy (non-hydrogen) atoms. The second-order valence-electron chi connectivity index (χ2n) is 19.8. The van der Waals surface area contributed by atoms with Crippen molar-refractivity contribution in [1.29, 1.82) is 0 Å². The predicted molar refractivity (Wildman–Crippen MR) is 306 cm³/mol. The van der Waals surface area contributed by atoms with Crippen LogP contribution in [-0.4, -0.2) is 116 Å². The van der Waals surface area contributed by atoms with E-state index in [4.69, 9.17) is 42.2 Å². The normalized spacial score (nSPS) is 21.9. The van der Waals surface area contributed by atoms with Crippen LogP contribution < -0.4 is 21.1 Å². The van der Waals surface area contributed by atoms with Crippen molar-refractivity contribution in [3.05, 3.63) is 195 Å². The summed E-state index contributed by atoms with van der Waals surface area (Å²) in [6, 6.07) is 46.4. The number of anilines is 1. The van der Waals surface area contributed by atoms with E-state index in [0.717, 1.165) is 71.6 Å². The Morgan fingerprint density at radius 1 is 0.805 bits per heavy atom. The van der Waals surface area contributed by atoms with Gasteiger partial charge in [-0.25, -0.2) is 24.0 Å². The summed E-state index contributed by atoms with van der Waals surface area (Å²) in [7, 11) is 2.98. The van der Waals surface area contributed by atoms with E-state index in [1.165, 1.54) is 47.1 Å². The summed E-state index contributed by atoms with van der Waals surface area (Å²) in [5.41, 5.74) is 12.5. The number of urea groups is 1. The number of esters is 1. The van der Waals surface area contributed by atoms with E-state index in [1.807, 2.05) is 89.1 Å². The highest BCUT2D eigenvalue weighted by molar-refractivity contribution is 8.01. The number of hydrogen-bond acceptors (Lipinski definition) is 14. The third-order valence-corrected chi connectivity index (χ3v) is 18.8. The number of thiocarbonyl (C=S) groups is 1. The topological polar surface area (TPSA) is 170 Å². The highest BCUT2D eigenvalue weighted by Gasteiger charge is 2.56. The van der Waals surface area contributed by atoms with Gasteiger partial charge < -0.3 is 40.1 Å². The lowest BCUT2D eigenvalue weighted by Gasteiger charge is -2.56. The zero-order valence-electron chi connectivity index (χ0n) is 42.7. The number of thioether (sulfide) groups is 1. The number of methoxy groups -OCH3 is 1. The van der Waals surface area contributed by atoms with Crippen LogP contribution in [0.4, 0.5) is 9.93 Å². The molecule has 392 valence electrons. The minimum absolute atomic E-state index is 0.0145. The summed E-state index contributed by atoms with van der Waals surface area (Å²) >= 11 is 10.0. The molecule has 0 saturated carbocycles. The summed E-state index contributed by atoms with van der Waals surface area (Å²) in [5.74, 6) is -0.497. The number of carbonyl (C=O) groups is 3. The Morgan fingerprint density at radius 3 is 2.00 bits per heavy atom. The maximum Gasteiger partial charge on any atom is 0.414 e. The van der Waals surface area contributed by atoms with Gasteiger partial charge in [0.25, 0.3) is 5.91 Å². The molecular weight excluding hydrogens is 1050 g/mol. The number of ether oxygens (including phenoxy) is 2. The van der Waals surface area contributed by atoms with Gasteiger partial charge in [0, 0.05) is 28.3 Å². The summed E-state index contributed by atoms with van der Waals surface area (Å²) in [4.78, 5) is 60.1. The van der Waals surface area contributed by atoms with Crippen LogP contribution in [0.5, 0.6) is 5.75 Å². The van der Waals surface area contributed by atoms with E-state index in [2.05, 4.69) is 83.4 Å². The minimum atomic E-state index is -0.870. The van der Waals surface area contributed by atoms with Gasteiger partial charge in [0.1, 0.15) is 92.1 Å². The fraction of sp³-hybridized carbons (Fsp3) is 0.259. The lowest BCUT2D eigenvalue weighted by Crippen LogP contribution is -2.79. The molecule has 2 aromatic heterocycles. The van der Waals surface area contributed by atoms with Gasteiger partial charge in [-0.3, -0.25) is 4.79 Å². The number of quaternary nitrogens is 2. The first-order chi connectivity index (χ1) is 37.4. The molecular formula is C58H57N9O6S4+2. The quantitative estimate of drug-likeness (QED) is 0.0198. The summed E-state index contributed by atoms with van der Waals surface area (Å²) in [5, 5.41) is 15.0. The second kappa shape index (κ2) is 21.6. The first-order valence-electron chi connectivity index (χ1n) is 25.3. The predicted octanol–water partition coefficient (Wildman–Crippen LogP) is 9.36. The van der Waals surface area contributed by atoms with E-state index in [0.29, 0.717) is 49.1 Å². The van der Waals surface area contributed by atoms with Crippen LogP contribution in [0.15, 0.2) is 161 Å². The van der Waals surface area contributed by atoms with Crippen molar-refractivity contribution >= 4 is 86.0 Å². The molecule has 5 aliphatic rings. The highest BCUT2D eigenvalue weighted by atomic mass is 32.2. The number of nitrogens with zero attached hydrogens (tertiary/aromatic N) is 6. The summed E-state index contributed by atoms with van der Waals surface area (Å²) in [6.07, 6.45) is 0.514. The molecule has 4 saturated heterocycles. The van der Waals surface area contributed by atoms with E-state index in [9.17, 15) is 14.4 Å². The number of amides is 3. The zero-order chi connectivity index (χ0) is 53.3. The Morgan fingerprint density at radius 2 is 1.43 bits per heavy atom. The van der Waals surface area contributed by atoms with Crippen molar-refractivity contribution in [2.45, 2.75) is 48.8 Å². The van der Waals surface area contributed by atoms with Gasteiger partial charge >= 0.3 is 12.0 Å². The number of thiazole rings is 2. The number of benzene rings is 5. The SMILES string of the molecule is CON=C(C(=O)NC1S[C@H]2CC(=S)N2C(C(=O)OCc2ccc(OC)cc2)=C1c1nc(-c2ccc(C[N+]34CC[N+](C(N)=O)(CC3)CC4C)cc2)cs1)c1csc(NC(c2ccccc2)(c2ccccc2)c2ccccc2)n1. The first-order valence-corrected chi connectivity index (χ1v) is 28.4. The number of hydrogen-bond donors (Lipinski definition) is 3. The van der Waals surface area contributed by atoms with Crippen LogP contribution in [0, 0.1) is 0 Å². The molecule has 7 heterocycles. The van der Waals surface area contributed by atoms with Crippen LogP contribution in [0.2, 0.25) is 0 Å². The number of rotatable bonds is 17. The molecule has 0 aliphatic carbocycles. The summed E-state index contributed by atoms with van der Waals surface area (Å²) < 4.78 is 12.7. The van der Waals surface area contributed by atoms with Crippen LogP contribution in [0.3, 0.4) is 0 Å². The fourth-order valence-electron chi connectivity index (χ4n) is 11.2. The lowest BCUT2D eigenvalue weighted by molar-refractivity contribution is -1.07. The van der Waals surface area contributed by atoms with Crippen LogP contribution >= 0.6 is 46.7 Å². The molecule has 5 aromatic carbocycles. The largest absolute Gasteiger partial charge is 0.497 e. The summed E-state index contributed by atoms with van der Waals surface area (Å²) in [6.45, 7) is 7.16. The molecule has 12 rings (SSSR count). The minimum Gasteiger partial charge on any atom is -0.497 e. The molecule has 2 bridgehead atoms. The van der Waals surface area contributed by atoms with Crippen LogP contribution in [-0.2, 0) is 37.9 Å². The van der Waals surface area contributed by atoms with Crippen molar-refractivity contribution in [2.24, 2.45) is 10.9 Å². The number of aromatic nitrogens is 2. The number of primary amides is 1.